The van der Waals surface area contributed by atoms with Gasteiger partial charge < -0.3 is 39.6 Å². The van der Waals surface area contributed by atoms with E-state index in [1.807, 2.05) is 0 Å². The Morgan fingerprint density at radius 2 is 1.63 bits per heavy atom. The number of aromatic nitrogens is 2. The predicted octanol–water partition coefficient (Wildman–Crippen LogP) is -2.80. The molecule has 172 valence electrons. The normalized spacial score (nSPS) is 28.7. The van der Waals surface area contributed by atoms with Gasteiger partial charge in [0.25, 0.3) is 5.56 Å². The lowest BCUT2D eigenvalue weighted by Crippen LogP contribution is -2.37. The molecule has 0 aromatic carbocycles. The number of phosphoric ester groups is 1. The fourth-order valence-corrected chi connectivity index (χ4v) is 5.26. The topological polar surface area (TPSA) is 285 Å². The van der Waals surface area contributed by atoms with Gasteiger partial charge in [0.1, 0.15) is 18.3 Å². The molecule has 21 heteroatoms. The molecule has 2 heterocycles. The first kappa shape index (κ1) is 25.0. The Hall–Kier alpha value is -1.23. The van der Waals surface area contributed by atoms with E-state index < -0.39 is 71.6 Å². The second kappa shape index (κ2) is 8.72. The van der Waals surface area contributed by atoms with Crippen molar-refractivity contribution in [3.05, 3.63) is 27.0 Å². The third kappa shape index (κ3) is 6.38. The summed E-state index contributed by atoms with van der Waals surface area (Å²) in [6.07, 6.45) is -6.52. The molecule has 2 rings (SSSR count). The van der Waals surface area contributed by atoms with Crippen LogP contribution in [0, 0.1) is 0 Å². The number of nitrogens with one attached hydrogen (secondary N) is 1. The maximum Gasteiger partial charge on any atom is 0.490 e. The number of aliphatic hydroxyl groups is 2. The van der Waals surface area contributed by atoms with Crippen molar-refractivity contribution in [2.45, 2.75) is 24.5 Å². The predicted molar refractivity (Wildman–Crippen MR) is 88.7 cm³/mol. The highest BCUT2D eigenvalue weighted by Crippen LogP contribution is 2.66. The maximum absolute atomic E-state index is 11.8. The molecule has 8 N–H and O–H groups in total. The molecular formula is C9H15N2O16P3. The van der Waals surface area contributed by atoms with Crippen LogP contribution in [0.15, 0.2) is 15.8 Å². The molecule has 1 aromatic rings. The van der Waals surface area contributed by atoms with E-state index in [1.165, 1.54) is 0 Å². The minimum absolute atomic E-state index is 0.495. The molecular weight excluding hydrogens is 485 g/mol. The third-order valence-corrected chi connectivity index (χ3v) is 7.18. The molecule has 0 spiro atoms. The molecule has 6 atom stereocenters. The van der Waals surface area contributed by atoms with Crippen LogP contribution >= 0.6 is 23.5 Å². The number of aromatic amines is 1. The second-order valence-electron chi connectivity index (χ2n) is 5.61. The SMILES string of the molecule is O=c1[nH]c(=O)n(C2OC(COP(=O)(O)OP(=O)(O)OP(=O)(O)O)C(O)C2O)cc1O. The molecule has 1 saturated heterocycles. The molecule has 0 radical (unpaired) electrons. The molecule has 1 aliphatic rings. The number of hydrogen-bond acceptors (Lipinski definition) is 12. The van der Waals surface area contributed by atoms with E-state index in [1.54, 1.807) is 4.98 Å². The lowest BCUT2D eigenvalue weighted by Gasteiger charge is -2.19. The van der Waals surface area contributed by atoms with Crippen LogP contribution in [0.2, 0.25) is 0 Å². The van der Waals surface area contributed by atoms with Crippen LogP contribution in [-0.4, -0.2) is 69.4 Å². The first-order valence-electron chi connectivity index (χ1n) is 7.36. The van der Waals surface area contributed by atoms with Crippen LogP contribution in [0.25, 0.3) is 0 Å². The molecule has 0 amide bonds. The molecule has 1 aliphatic heterocycles. The Labute approximate surface area is 164 Å². The zero-order chi connectivity index (χ0) is 23.1. The summed E-state index contributed by atoms with van der Waals surface area (Å²) in [7, 11) is -16.9. The maximum atomic E-state index is 11.8. The van der Waals surface area contributed by atoms with Crippen molar-refractivity contribution in [2.75, 3.05) is 6.61 Å². The standard InChI is InChI=1S/C9H15N2O16P3/c12-3-1-11(9(16)10-7(3)15)8-6(14)5(13)4(25-8)2-24-29(20,21)27-30(22,23)26-28(17,18)19/h1,4-6,8,12-14H,2H2,(H,20,21)(H,22,23)(H,10,15,16)(H2,17,18,19). The van der Waals surface area contributed by atoms with Gasteiger partial charge in [-0.3, -0.25) is 18.9 Å². The van der Waals surface area contributed by atoms with Crippen molar-refractivity contribution >= 4 is 23.5 Å². The van der Waals surface area contributed by atoms with Crippen LogP contribution < -0.4 is 11.2 Å². The average molecular weight is 500 g/mol. The number of nitrogens with zero attached hydrogens (tertiary/aromatic N) is 1. The van der Waals surface area contributed by atoms with E-state index >= 15 is 0 Å². The summed E-state index contributed by atoms with van der Waals surface area (Å²) in [6.45, 7) is -1.11. The average Bonchev–Trinajstić information content (AvgIpc) is 2.81. The smallest absolute Gasteiger partial charge is 0.490 e. The van der Waals surface area contributed by atoms with Crippen molar-refractivity contribution < 1.29 is 66.5 Å². The lowest BCUT2D eigenvalue weighted by molar-refractivity contribution is -0.0544. The summed E-state index contributed by atoms with van der Waals surface area (Å²) < 4.78 is 50.3. The number of H-pyrrole nitrogens is 1. The molecule has 1 aromatic heterocycles. The molecule has 18 nitrogen and oxygen atoms in total. The summed E-state index contributed by atoms with van der Waals surface area (Å²) in [5.74, 6) is -0.934. The Bertz CT molecular complexity index is 1040. The first-order chi connectivity index (χ1) is 13.5. The quantitative estimate of drug-likeness (QED) is 0.167. The van der Waals surface area contributed by atoms with E-state index in [-0.39, 0.29) is 0 Å². The highest BCUT2D eigenvalue weighted by Gasteiger charge is 2.46. The summed E-state index contributed by atoms with van der Waals surface area (Å²) in [5.41, 5.74) is -2.30. The van der Waals surface area contributed by atoms with Gasteiger partial charge >= 0.3 is 29.2 Å². The van der Waals surface area contributed by atoms with Gasteiger partial charge in [-0.2, -0.15) is 8.62 Å². The van der Waals surface area contributed by atoms with Crippen LogP contribution in [-0.2, 0) is 31.6 Å². The number of rotatable bonds is 8. The highest BCUT2D eigenvalue weighted by molar-refractivity contribution is 7.66. The molecule has 30 heavy (non-hydrogen) atoms. The van der Waals surface area contributed by atoms with Crippen LogP contribution in [0.5, 0.6) is 5.75 Å². The van der Waals surface area contributed by atoms with Gasteiger partial charge in [0, 0.05) is 0 Å². The van der Waals surface area contributed by atoms with Crippen LogP contribution in [0.3, 0.4) is 0 Å². The van der Waals surface area contributed by atoms with Crippen molar-refractivity contribution in [1.82, 2.24) is 9.55 Å². The van der Waals surface area contributed by atoms with Crippen LogP contribution in [0.1, 0.15) is 6.23 Å². The number of ether oxygens (including phenoxy) is 1. The Kier molecular flexibility index (Phi) is 7.28. The minimum atomic E-state index is -5.76. The van der Waals surface area contributed by atoms with E-state index in [2.05, 4.69) is 13.1 Å². The fraction of sp³-hybridized carbons (Fsp3) is 0.556. The fourth-order valence-electron chi connectivity index (χ4n) is 2.23. The van der Waals surface area contributed by atoms with Gasteiger partial charge in [0.15, 0.2) is 12.0 Å². The minimum Gasteiger partial charge on any atom is -0.502 e. The molecule has 0 bridgehead atoms. The summed E-state index contributed by atoms with van der Waals surface area (Å²) in [6, 6.07) is 0. The summed E-state index contributed by atoms with van der Waals surface area (Å²) >= 11 is 0. The third-order valence-electron chi connectivity index (χ3n) is 3.38. The van der Waals surface area contributed by atoms with Gasteiger partial charge in [-0.25, -0.2) is 18.5 Å². The van der Waals surface area contributed by atoms with Crippen molar-refractivity contribution in [2.24, 2.45) is 0 Å². The summed E-state index contributed by atoms with van der Waals surface area (Å²) in [5, 5.41) is 29.3. The van der Waals surface area contributed by atoms with E-state index in [0.29, 0.717) is 10.8 Å². The number of hydrogen-bond donors (Lipinski definition) is 8. The highest BCUT2D eigenvalue weighted by atomic mass is 31.3. The number of aliphatic hydroxyl groups excluding tert-OH is 2. The Morgan fingerprint density at radius 1 is 1.03 bits per heavy atom. The molecule has 6 unspecified atom stereocenters. The zero-order valence-corrected chi connectivity index (χ0v) is 16.9. The zero-order valence-electron chi connectivity index (χ0n) is 14.2. The summed E-state index contributed by atoms with van der Waals surface area (Å²) in [4.78, 5) is 59.9. The Morgan fingerprint density at radius 3 is 2.20 bits per heavy atom. The van der Waals surface area contributed by atoms with Crippen molar-refractivity contribution in [1.29, 1.82) is 0 Å². The largest absolute Gasteiger partial charge is 0.502 e. The van der Waals surface area contributed by atoms with E-state index in [0.717, 1.165) is 0 Å². The number of phosphoric acid groups is 3. The van der Waals surface area contributed by atoms with Gasteiger partial charge in [-0.1, -0.05) is 0 Å². The van der Waals surface area contributed by atoms with Gasteiger partial charge in [0.05, 0.1) is 12.8 Å². The second-order valence-corrected chi connectivity index (χ2v) is 10.0. The molecule has 0 aliphatic carbocycles. The van der Waals surface area contributed by atoms with E-state index in [4.69, 9.17) is 19.4 Å². The van der Waals surface area contributed by atoms with Crippen LogP contribution in [0.4, 0.5) is 0 Å². The Balaban J connectivity index is 2.09. The monoisotopic (exact) mass is 500 g/mol. The lowest BCUT2D eigenvalue weighted by atomic mass is 10.1. The van der Waals surface area contributed by atoms with Crippen molar-refractivity contribution in [3.8, 4) is 5.75 Å². The molecule has 1 fully saturated rings. The van der Waals surface area contributed by atoms with Gasteiger partial charge in [0.2, 0.25) is 0 Å². The van der Waals surface area contributed by atoms with Crippen molar-refractivity contribution in [3.63, 3.8) is 0 Å². The van der Waals surface area contributed by atoms with Gasteiger partial charge in [-0.05, 0) is 0 Å². The first-order valence-corrected chi connectivity index (χ1v) is 11.9. The molecule has 0 saturated carbocycles. The number of aromatic hydroxyl groups is 1. The van der Waals surface area contributed by atoms with E-state index in [9.17, 15) is 43.5 Å². The van der Waals surface area contributed by atoms with Gasteiger partial charge in [-0.15, -0.1) is 0 Å².